The van der Waals surface area contributed by atoms with E-state index in [-0.39, 0.29) is 112 Å². The van der Waals surface area contributed by atoms with Gasteiger partial charge in [-0.2, -0.15) is 0 Å². The first kappa shape index (κ1) is 39.8. The number of hydrogen-bond donors (Lipinski definition) is 4. The fourth-order valence-corrected chi connectivity index (χ4v) is 7.76. The summed E-state index contributed by atoms with van der Waals surface area (Å²) in [5, 5.41) is 44.1. The van der Waals surface area contributed by atoms with Gasteiger partial charge in [0, 0.05) is 62.2 Å². The lowest BCUT2D eigenvalue weighted by atomic mass is 9.81. The number of benzene rings is 7. The van der Waals surface area contributed by atoms with Crippen molar-refractivity contribution in [2.24, 2.45) is 0 Å². The molecule has 0 saturated carbocycles. The number of rotatable bonds is 11. The molecule has 7 aromatic rings. The quantitative estimate of drug-likeness (QED) is 0.0443. The van der Waals surface area contributed by atoms with Crippen LogP contribution < -0.4 is 34.5 Å². The van der Waals surface area contributed by atoms with Crippen molar-refractivity contribution >= 4 is 55.2 Å². The van der Waals surface area contributed by atoms with Crippen LogP contribution in [0.3, 0.4) is 0 Å². The third-order valence-corrected chi connectivity index (χ3v) is 9.97. The van der Waals surface area contributed by atoms with Crippen LogP contribution in [0.4, 0.5) is 4.79 Å². The van der Waals surface area contributed by atoms with Gasteiger partial charge in [0.25, 0.3) is 0 Å². The maximum atomic E-state index is 14.7. The van der Waals surface area contributed by atoms with E-state index in [1.165, 1.54) is 90.0 Å². The zero-order chi connectivity index (χ0) is 42.6. The van der Waals surface area contributed by atoms with E-state index in [9.17, 15) is 39.6 Å². The standard InChI is InChI=1S/C44H38O15/c1-18(2)57-43(51)23-13-10-21(46)15-24(23)31-36-30-25(14-19(3)58-44(52)59-22-11-8-20(45)9-12-22)41(55-6)39(49)32-26(47)16-28(53-4)34(37(30)32)35-29(54-5)17-27(48)33(38(35)36)40(50)42(31)56-7/h8-13,15-19,45-48H,14H2,1-7H3. The summed E-state index contributed by atoms with van der Waals surface area (Å²) in [4.78, 5) is 56.2. The summed E-state index contributed by atoms with van der Waals surface area (Å²) < 4.78 is 39.8. The molecule has 4 N–H and O–H groups in total. The summed E-state index contributed by atoms with van der Waals surface area (Å²) in [6.07, 6.45) is -3.02. The lowest BCUT2D eigenvalue weighted by molar-refractivity contribution is 0.0378. The van der Waals surface area contributed by atoms with E-state index in [1.807, 2.05) is 0 Å². The van der Waals surface area contributed by atoms with Crippen LogP contribution >= 0.6 is 0 Å². The van der Waals surface area contributed by atoms with Crippen LogP contribution in [-0.4, -0.2) is 73.2 Å². The Hall–Kier alpha value is -7.42. The molecule has 0 aliphatic heterocycles. The molecule has 0 heterocycles. The van der Waals surface area contributed by atoms with Crippen LogP contribution in [0.15, 0.2) is 64.2 Å². The highest BCUT2D eigenvalue weighted by atomic mass is 16.7. The Morgan fingerprint density at radius 1 is 0.593 bits per heavy atom. The Kier molecular flexibility index (Phi) is 10.2. The normalized spacial score (nSPS) is 12.0. The SMILES string of the molecule is COc1c(CC(C)OC(=O)Oc2ccc(O)cc2)c2c3c(-c4cc(O)ccc4C(=O)OC(C)C)c(OC)c(=O)c4c(O)cc(OC)c(c5c(OC)cc(O)c(c1=O)c52)c43. The molecule has 304 valence electrons. The number of phenols is 4. The Morgan fingerprint density at radius 2 is 1.14 bits per heavy atom. The van der Waals surface area contributed by atoms with Gasteiger partial charge < -0.3 is 53.6 Å². The summed E-state index contributed by atoms with van der Waals surface area (Å²) >= 11 is 0. The van der Waals surface area contributed by atoms with Crippen molar-refractivity contribution in [2.75, 3.05) is 28.4 Å². The van der Waals surface area contributed by atoms with Gasteiger partial charge in [-0.1, -0.05) is 0 Å². The lowest BCUT2D eigenvalue weighted by Crippen LogP contribution is -2.22. The van der Waals surface area contributed by atoms with Gasteiger partial charge in [0.05, 0.1) is 50.9 Å². The predicted octanol–water partition coefficient (Wildman–Crippen LogP) is 7.13. The minimum Gasteiger partial charge on any atom is -0.508 e. The average Bonchev–Trinajstić information content (AvgIpc) is 3.18. The molecule has 0 radical (unpaired) electrons. The van der Waals surface area contributed by atoms with Crippen molar-refractivity contribution in [3.8, 4) is 62.9 Å². The minimum absolute atomic E-state index is 0.0311. The number of carbonyl (C=O) groups is 2. The number of esters is 1. The molecule has 0 aliphatic rings. The van der Waals surface area contributed by atoms with Crippen LogP contribution in [0.5, 0.6) is 51.7 Å². The minimum atomic E-state index is -1.12. The summed E-state index contributed by atoms with van der Waals surface area (Å²) in [6, 6.07) is 11.6. The number of ether oxygens (including phenoxy) is 7. The molecule has 7 aromatic carbocycles. The average molecular weight is 807 g/mol. The van der Waals surface area contributed by atoms with Crippen molar-refractivity contribution in [2.45, 2.75) is 39.4 Å². The van der Waals surface area contributed by atoms with E-state index in [0.717, 1.165) is 0 Å². The molecule has 1 atom stereocenters. The van der Waals surface area contributed by atoms with Gasteiger partial charge in [-0.05, 0) is 68.6 Å². The first-order valence-electron chi connectivity index (χ1n) is 18.2. The van der Waals surface area contributed by atoms with E-state index in [0.29, 0.717) is 0 Å². The Balaban J connectivity index is 1.72. The first-order valence-corrected chi connectivity index (χ1v) is 18.2. The summed E-state index contributed by atoms with van der Waals surface area (Å²) in [5.74, 6) is -2.66. The molecular weight excluding hydrogens is 768 g/mol. The second kappa shape index (κ2) is 15.2. The van der Waals surface area contributed by atoms with Crippen molar-refractivity contribution in [1.82, 2.24) is 0 Å². The van der Waals surface area contributed by atoms with E-state index >= 15 is 0 Å². The molecule has 0 spiro atoms. The second-order valence-electron chi connectivity index (χ2n) is 13.9. The molecule has 0 saturated heterocycles. The Morgan fingerprint density at radius 3 is 1.68 bits per heavy atom. The topological polar surface area (TPSA) is 214 Å². The fourth-order valence-electron chi connectivity index (χ4n) is 7.76. The zero-order valence-electron chi connectivity index (χ0n) is 32.8. The van der Waals surface area contributed by atoms with E-state index in [1.54, 1.807) is 13.8 Å². The summed E-state index contributed by atoms with van der Waals surface area (Å²) in [7, 11) is 5.13. The molecule has 0 amide bonds. The zero-order valence-corrected chi connectivity index (χ0v) is 32.8. The van der Waals surface area contributed by atoms with Crippen LogP contribution in [-0.2, 0) is 15.9 Å². The summed E-state index contributed by atoms with van der Waals surface area (Å²) in [6.45, 7) is 4.83. The van der Waals surface area contributed by atoms with Crippen LogP contribution in [0.2, 0.25) is 0 Å². The molecule has 1 unspecified atom stereocenters. The van der Waals surface area contributed by atoms with Crippen LogP contribution in [0.25, 0.3) is 54.2 Å². The van der Waals surface area contributed by atoms with E-state index in [4.69, 9.17) is 33.2 Å². The molecule has 7 rings (SSSR count). The third-order valence-electron chi connectivity index (χ3n) is 9.97. The van der Waals surface area contributed by atoms with Gasteiger partial charge in [0.2, 0.25) is 10.9 Å². The molecule has 0 fully saturated rings. The third kappa shape index (κ3) is 6.49. The van der Waals surface area contributed by atoms with Gasteiger partial charge in [0.15, 0.2) is 11.5 Å². The molecular formula is C44H38O15. The van der Waals surface area contributed by atoms with Crippen molar-refractivity contribution in [3.05, 3.63) is 86.2 Å². The first-order chi connectivity index (χ1) is 28.1. The van der Waals surface area contributed by atoms with E-state index < -0.39 is 46.7 Å². The van der Waals surface area contributed by atoms with Crippen molar-refractivity contribution in [3.63, 3.8) is 0 Å². The Labute approximate surface area is 334 Å². The van der Waals surface area contributed by atoms with Gasteiger partial charge in [-0.3, -0.25) is 9.59 Å². The van der Waals surface area contributed by atoms with Gasteiger partial charge in [-0.15, -0.1) is 0 Å². The molecule has 0 aliphatic carbocycles. The largest absolute Gasteiger partial charge is 0.514 e. The van der Waals surface area contributed by atoms with Crippen LogP contribution in [0.1, 0.15) is 36.7 Å². The van der Waals surface area contributed by atoms with Crippen molar-refractivity contribution < 1.29 is 63.2 Å². The second-order valence-corrected chi connectivity index (χ2v) is 13.9. The monoisotopic (exact) mass is 806 g/mol. The predicted molar refractivity (Wildman–Crippen MR) is 217 cm³/mol. The highest BCUT2D eigenvalue weighted by Crippen LogP contribution is 2.55. The number of carbonyl (C=O) groups excluding carboxylic acids is 2. The number of methoxy groups -OCH3 is 4. The molecule has 15 nitrogen and oxygen atoms in total. The van der Waals surface area contributed by atoms with E-state index in [2.05, 4.69) is 0 Å². The van der Waals surface area contributed by atoms with Gasteiger partial charge in [0.1, 0.15) is 46.4 Å². The van der Waals surface area contributed by atoms with Crippen molar-refractivity contribution in [1.29, 1.82) is 0 Å². The van der Waals surface area contributed by atoms with Gasteiger partial charge >= 0.3 is 12.1 Å². The van der Waals surface area contributed by atoms with Crippen LogP contribution in [0, 0.1) is 0 Å². The number of phenolic OH excluding ortho intramolecular Hbond substituents is 4. The summed E-state index contributed by atoms with van der Waals surface area (Å²) in [5.41, 5.74) is -1.65. The maximum absolute atomic E-state index is 14.7. The molecule has 15 heteroatoms. The smallest absolute Gasteiger partial charge is 0.508 e. The molecule has 0 aromatic heterocycles. The highest BCUT2D eigenvalue weighted by molar-refractivity contribution is 6.40. The van der Waals surface area contributed by atoms with Gasteiger partial charge in [-0.25, -0.2) is 9.59 Å². The number of hydrogen-bond acceptors (Lipinski definition) is 15. The maximum Gasteiger partial charge on any atom is 0.514 e. The number of fused-ring (bicyclic) bond motifs is 2. The fraction of sp³-hybridized carbons (Fsp3) is 0.227. The lowest BCUT2D eigenvalue weighted by Gasteiger charge is -2.25. The molecule has 59 heavy (non-hydrogen) atoms. The molecule has 0 bridgehead atoms. The Bertz CT molecular complexity index is 2940. The number of aromatic hydroxyl groups is 4. The highest BCUT2D eigenvalue weighted by Gasteiger charge is 2.34.